The Morgan fingerprint density at radius 2 is 2.05 bits per heavy atom. The van der Waals surface area contributed by atoms with Crippen molar-refractivity contribution in [1.29, 1.82) is 0 Å². The molecular formula is C12H24N4O2S2. The van der Waals surface area contributed by atoms with Crippen LogP contribution in [0.4, 0.5) is 10.8 Å². The molecule has 0 spiro atoms. The molecule has 20 heavy (non-hydrogen) atoms. The van der Waals surface area contributed by atoms with Crippen LogP contribution in [-0.4, -0.2) is 37.2 Å². The maximum absolute atomic E-state index is 12.2. The van der Waals surface area contributed by atoms with Crippen LogP contribution in [0.5, 0.6) is 0 Å². The maximum atomic E-state index is 12.2. The van der Waals surface area contributed by atoms with Crippen LogP contribution < -0.4 is 11.1 Å². The second-order valence-electron chi connectivity index (χ2n) is 5.05. The number of rotatable bonds is 8. The van der Waals surface area contributed by atoms with Gasteiger partial charge >= 0.3 is 0 Å². The van der Waals surface area contributed by atoms with Crippen molar-refractivity contribution in [2.75, 3.05) is 25.1 Å². The van der Waals surface area contributed by atoms with Gasteiger partial charge in [0.2, 0.25) is 10.0 Å². The Balaban J connectivity index is 2.88. The fourth-order valence-electron chi connectivity index (χ4n) is 1.81. The molecule has 0 bridgehead atoms. The molecule has 1 aromatic heterocycles. The molecule has 6 nitrogen and oxygen atoms in total. The summed E-state index contributed by atoms with van der Waals surface area (Å²) in [6.45, 7) is 4.20. The van der Waals surface area contributed by atoms with Crippen molar-refractivity contribution in [3.63, 3.8) is 0 Å². The lowest BCUT2D eigenvalue weighted by Crippen LogP contribution is -2.24. The van der Waals surface area contributed by atoms with Crippen LogP contribution in [0.15, 0.2) is 4.90 Å². The van der Waals surface area contributed by atoms with E-state index in [-0.39, 0.29) is 16.8 Å². The van der Waals surface area contributed by atoms with Gasteiger partial charge in [-0.2, -0.15) is 4.37 Å². The molecular weight excluding hydrogens is 296 g/mol. The summed E-state index contributed by atoms with van der Waals surface area (Å²) < 4.78 is 29.6. The van der Waals surface area contributed by atoms with Crippen LogP contribution in [-0.2, 0) is 10.0 Å². The molecule has 8 heteroatoms. The molecule has 0 aliphatic carbocycles. The number of hydrogen-bond acceptors (Lipinski definition) is 6. The summed E-state index contributed by atoms with van der Waals surface area (Å²) >= 11 is 1.10. The highest BCUT2D eigenvalue weighted by Crippen LogP contribution is 2.33. The monoisotopic (exact) mass is 320 g/mol. The Bertz CT molecular complexity index is 526. The molecule has 0 aliphatic rings. The first-order valence-corrected chi connectivity index (χ1v) is 8.96. The number of nitrogens with two attached hydrogens (primary N) is 1. The molecule has 0 saturated carbocycles. The average Bonchev–Trinajstić information content (AvgIpc) is 2.71. The highest BCUT2D eigenvalue weighted by Gasteiger charge is 2.28. The van der Waals surface area contributed by atoms with Crippen LogP contribution >= 0.6 is 11.5 Å². The summed E-state index contributed by atoms with van der Waals surface area (Å²) in [4.78, 5) is 0.0924. The van der Waals surface area contributed by atoms with E-state index >= 15 is 0 Å². The predicted molar refractivity (Wildman–Crippen MR) is 84.6 cm³/mol. The van der Waals surface area contributed by atoms with Crippen LogP contribution in [0, 0.1) is 0 Å². The van der Waals surface area contributed by atoms with Crippen molar-refractivity contribution >= 4 is 32.4 Å². The maximum Gasteiger partial charge on any atom is 0.249 e. The fraction of sp³-hybridized carbons (Fsp3) is 0.750. The second kappa shape index (κ2) is 7.24. The Hall–Kier alpha value is -0.860. The predicted octanol–water partition coefficient (Wildman–Crippen LogP) is 2.36. The minimum absolute atomic E-state index is 0.0620. The zero-order valence-corrected chi connectivity index (χ0v) is 14.1. The van der Waals surface area contributed by atoms with Gasteiger partial charge in [0.1, 0.15) is 5.00 Å². The standard InChI is InChI=1S/C12H24N4O2S2/c1-5-6-7-8-9(2)14-12-10(11(13)15-19-12)20(17,18)16(3)4/h9,14H,5-8H2,1-4H3,(H2,13,15). The Labute approximate surface area is 125 Å². The number of sulfonamides is 1. The summed E-state index contributed by atoms with van der Waals surface area (Å²) in [7, 11) is -0.598. The van der Waals surface area contributed by atoms with E-state index in [4.69, 9.17) is 5.73 Å². The summed E-state index contributed by atoms with van der Waals surface area (Å²) in [5.74, 6) is 0.0620. The van der Waals surface area contributed by atoms with E-state index in [9.17, 15) is 8.42 Å². The third kappa shape index (κ3) is 4.07. The largest absolute Gasteiger partial charge is 0.382 e. The van der Waals surface area contributed by atoms with Gasteiger partial charge in [-0.25, -0.2) is 12.7 Å². The van der Waals surface area contributed by atoms with Crippen molar-refractivity contribution in [3.8, 4) is 0 Å². The van der Waals surface area contributed by atoms with Gasteiger partial charge in [-0.1, -0.05) is 26.2 Å². The quantitative estimate of drug-likeness (QED) is 0.718. The van der Waals surface area contributed by atoms with Crippen LogP contribution in [0.2, 0.25) is 0 Å². The van der Waals surface area contributed by atoms with Gasteiger partial charge < -0.3 is 11.1 Å². The minimum Gasteiger partial charge on any atom is -0.382 e. The smallest absolute Gasteiger partial charge is 0.249 e. The first kappa shape index (κ1) is 17.2. The topological polar surface area (TPSA) is 88.3 Å². The zero-order chi connectivity index (χ0) is 15.3. The van der Waals surface area contributed by atoms with Gasteiger partial charge in [0.25, 0.3) is 0 Å². The molecule has 0 amide bonds. The highest BCUT2D eigenvalue weighted by atomic mass is 32.2. The fourth-order valence-corrected chi connectivity index (χ4v) is 3.99. The first-order chi connectivity index (χ1) is 9.30. The van der Waals surface area contributed by atoms with Crippen LogP contribution in [0.1, 0.15) is 39.5 Å². The molecule has 1 heterocycles. The number of anilines is 2. The van der Waals surface area contributed by atoms with E-state index in [0.29, 0.717) is 5.00 Å². The summed E-state index contributed by atoms with van der Waals surface area (Å²) in [5, 5.41) is 3.75. The van der Waals surface area contributed by atoms with E-state index in [2.05, 4.69) is 16.6 Å². The van der Waals surface area contributed by atoms with E-state index in [1.807, 2.05) is 6.92 Å². The summed E-state index contributed by atoms with van der Waals surface area (Å²) in [6.07, 6.45) is 4.46. The summed E-state index contributed by atoms with van der Waals surface area (Å²) in [5.41, 5.74) is 5.72. The molecule has 116 valence electrons. The van der Waals surface area contributed by atoms with E-state index in [0.717, 1.165) is 28.7 Å². The van der Waals surface area contributed by atoms with Gasteiger partial charge in [0, 0.05) is 20.1 Å². The van der Waals surface area contributed by atoms with Gasteiger partial charge in [-0.05, 0) is 24.9 Å². The first-order valence-electron chi connectivity index (χ1n) is 6.74. The van der Waals surface area contributed by atoms with Gasteiger partial charge in [0.15, 0.2) is 10.7 Å². The number of hydrogen-bond donors (Lipinski definition) is 2. The number of nitrogen functional groups attached to an aromatic ring is 1. The van der Waals surface area contributed by atoms with Crippen molar-refractivity contribution in [3.05, 3.63) is 0 Å². The van der Waals surface area contributed by atoms with Crippen molar-refractivity contribution in [2.45, 2.75) is 50.5 Å². The highest BCUT2D eigenvalue weighted by molar-refractivity contribution is 7.89. The molecule has 0 fully saturated rings. The number of aromatic nitrogens is 1. The molecule has 0 aromatic carbocycles. The van der Waals surface area contributed by atoms with Crippen molar-refractivity contribution in [1.82, 2.24) is 8.68 Å². The molecule has 0 saturated heterocycles. The molecule has 3 N–H and O–H groups in total. The normalized spacial score (nSPS) is 13.7. The van der Waals surface area contributed by atoms with Gasteiger partial charge in [-0.3, -0.25) is 0 Å². The third-order valence-electron chi connectivity index (χ3n) is 3.03. The lowest BCUT2D eigenvalue weighted by atomic mass is 10.1. The van der Waals surface area contributed by atoms with Gasteiger partial charge in [-0.15, -0.1) is 0 Å². The minimum atomic E-state index is -3.57. The van der Waals surface area contributed by atoms with Crippen LogP contribution in [0.25, 0.3) is 0 Å². The molecule has 1 unspecified atom stereocenters. The Morgan fingerprint density at radius 1 is 1.40 bits per heavy atom. The van der Waals surface area contributed by atoms with E-state index in [1.54, 1.807) is 0 Å². The SMILES string of the molecule is CCCCCC(C)Nc1snc(N)c1S(=O)(=O)N(C)C. The van der Waals surface area contributed by atoms with Crippen LogP contribution in [0.3, 0.4) is 0 Å². The number of nitrogens with zero attached hydrogens (tertiary/aromatic N) is 2. The zero-order valence-electron chi connectivity index (χ0n) is 12.5. The van der Waals surface area contributed by atoms with E-state index < -0.39 is 10.0 Å². The average molecular weight is 320 g/mol. The molecule has 0 radical (unpaired) electrons. The molecule has 1 rings (SSSR count). The summed E-state index contributed by atoms with van der Waals surface area (Å²) in [6, 6.07) is 0.192. The van der Waals surface area contributed by atoms with Gasteiger partial charge in [0.05, 0.1) is 0 Å². The molecule has 1 aromatic rings. The number of nitrogens with one attached hydrogen (secondary N) is 1. The van der Waals surface area contributed by atoms with Crippen molar-refractivity contribution < 1.29 is 8.42 Å². The molecule has 1 atom stereocenters. The Morgan fingerprint density at radius 3 is 2.60 bits per heavy atom. The third-order valence-corrected chi connectivity index (χ3v) is 5.84. The van der Waals surface area contributed by atoms with Crippen molar-refractivity contribution in [2.24, 2.45) is 0 Å². The number of unbranched alkanes of at least 4 members (excludes halogenated alkanes) is 2. The molecule has 0 aliphatic heterocycles. The van der Waals surface area contributed by atoms with E-state index in [1.165, 1.54) is 26.9 Å². The lowest BCUT2D eigenvalue weighted by Gasteiger charge is -2.16. The second-order valence-corrected chi connectivity index (χ2v) is 7.92. The lowest BCUT2D eigenvalue weighted by molar-refractivity contribution is 0.521. The Kier molecular flexibility index (Phi) is 6.22.